The molecule has 2 aliphatic rings. The van der Waals surface area contributed by atoms with Crippen LogP contribution in [0.4, 0.5) is 0 Å². The first kappa shape index (κ1) is 21.0. The Morgan fingerprint density at radius 2 is 1.82 bits per heavy atom. The number of amides is 1. The van der Waals surface area contributed by atoms with Crippen molar-refractivity contribution < 1.29 is 4.79 Å². The molecule has 0 saturated carbocycles. The van der Waals surface area contributed by atoms with E-state index in [2.05, 4.69) is 19.7 Å². The molecule has 1 fully saturated rings. The number of aryl methyl sites for hydroxylation is 1. The van der Waals surface area contributed by atoms with E-state index in [1.165, 1.54) is 19.3 Å². The summed E-state index contributed by atoms with van der Waals surface area (Å²) in [6.07, 6.45) is 8.36. The molecule has 0 N–H and O–H groups in total. The van der Waals surface area contributed by atoms with Crippen LogP contribution in [0.3, 0.4) is 0 Å². The van der Waals surface area contributed by atoms with Crippen LogP contribution in [0.25, 0.3) is 22.3 Å². The molecule has 6 rings (SSSR count). The minimum Gasteiger partial charge on any atom is -0.338 e. The van der Waals surface area contributed by atoms with Crippen molar-refractivity contribution in [3.05, 3.63) is 71.9 Å². The summed E-state index contributed by atoms with van der Waals surface area (Å²) in [4.78, 5) is 25.1. The maximum atomic E-state index is 13.9. The molecule has 3 aromatic heterocycles. The molecular weight excluding hydrogens is 424 g/mol. The van der Waals surface area contributed by atoms with Gasteiger partial charge < -0.3 is 9.47 Å². The van der Waals surface area contributed by atoms with Gasteiger partial charge in [-0.05, 0) is 49.9 Å². The number of nitrogens with zero attached hydrogens (tertiary/aromatic N) is 6. The average molecular weight is 453 g/mol. The molecule has 0 radical (unpaired) electrons. The van der Waals surface area contributed by atoms with Crippen LogP contribution in [-0.2, 0) is 13.0 Å². The van der Waals surface area contributed by atoms with Crippen LogP contribution >= 0.6 is 0 Å². The molecule has 34 heavy (non-hydrogen) atoms. The smallest absolute Gasteiger partial charge is 0.254 e. The SMILES string of the molecule is O=C(c1cc(-c2ccccn2)nc2ccccc12)N1CCCC(c2nnc3n2CCCCC3)C1. The van der Waals surface area contributed by atoms with E-state index in [-0.39, 0.29) is 11.8 Å². The molecule has 4 aromatic rings. The Bertz CT molecular complexity index is 1330. The van der Waals surface area contributed by atoms with E-state index < -0.39 is 0 Å². The van der Waals surface area contributed by atoms with Gasteiger partial charge in [-0.1, -0.05) is 30.7 Å². The normalized spacial score (nSPS) is 18.5. The van der Waals surface area contributed by atoms with Gasteiger partial charge in [0.15, 0.2) is 0 Å². The average Bonchev–Trinajstić information content (AvgIpc) is 3.16. The molecule has 1 aromatic carbocycles. The summed E-state index contributed by atoms with van der Waals surface area (Å²) >= 11 is 0. The lowest BCUT2D eigenvalue weighted by Gasteiger charge is -2.33. The number of carbonyl (C=O) groups is 1. The van der Waals surface area contributed by atoms with Gasteiger partial charge in [-0.15, -0.1) is 10.2 Å². The fourth-order valence-electron chi connectivity index (χ4n) is 5.35. The number of rotatable bonds is 3. The highest BCUT2D eigenvalue weighted by atomic mass is 16.2. The van der Waals surface area contributed by atoms with Crippen LogP contribution < -0.4 is 0 Å². The molecule has 7 nitrogen and oxygen atoms in total. The lowest BCUT2D eigenvalue weighted by molar-refractivity contribution is 0.0705. The molecule has 1 unspecified atom stereocenters. The van der Waals surface area contributed by atoms with Gasteiger partial charge in [-0.3, -0.25) is 9.78 Å². The first-order valence-electron chi connectivity index (χ1n) is 12.3. The van der Waals surface area contributed by atoms with Gasteiger partial charge in [-0.2, -0.15) is 0 Å². The third-order valence-corrected chi connectivity index (χ3v) is 7.09. The van der Waals surface area contributed by atoms with E-state index >= 15 is 0 Å². The maximum Gasteiger partial charge on any atom is 0.254 e. The zero-order valence-electron chi connectivity index (χ0n) is 19.2. The van der Waals surface area contributed by atoms with E-state index in [0.29, 0.717) is 12.1 Å². The third kappa shape index (κ3) is 3.85. The molecule has 1 atom stereocenters. The number of carbonyl (C=O) groups excluding carboxylic acids is 1. The molecule has 1 saturated heterocycles. The highest BCUT2D eigenvalue weighted by Gasteiger charge is 2.30. The van der Waals surface area contributed by atoms with Crippen molar-refractivity contribution in [2.45, 2.75) is 51.0 Å². The number of hydrogen-bond donors (Lipinski definition) is 0. The Kier molecular flexibility index (Phi) is 5.53. The van der Waals surface area contributed by atoms with Crippen LogP contribution in [0.1, 0.15) is 60.0 Å². The second-order valence-corrected chi connectivity index (χ2v) is 9.31. The van der Waals surface area contributed by atoms with Gasteiger partial charge in [0, 0.05) is 43.6 Å². The number of benzene rings is 1. The molecule has 5 heterocycles. The number of likely N-dealkylation sites (tertiary alicyclic amines) is 1. The number of para-hydroxylation sites is 1. The molecule has 0 aliphatic carbocycles. The van der Waals surface area contributed by atoms with Crippen molar-refractivity contribution in [3.63, 3.8) is 0 Å². The van der Waals surface area contributed by atoms with Crippen molar-refractivity contribution in [1.29, 1.82) is 0 Å². The van der Waals surface area contributed by atoms with Crippen LogP contribution in [0, 0.1) is 0 Å². The number of fused-ring (bicyclic) bond motifs is 2. The summed E-state index contributed by atoms with van der Waals surface area (Å²) in [7, 11) is 0. The molecule has 2 aliphatic heterocycles. The Hall–Kier alpha value is -3.61. The van der Waals surface area contributed by atoms with Crippen LogP contribution in [-0.4, -0.2) is 48.6 Å². The summed E-state index contributed by atoms with van der Waals surface area (Å²) in [5.41, 5.74) is 2.99. The Morgan fingerprint density at radius 1 is 0.912 bits per heavy atom. The van der Waals surface area contributed by atoms with Crippen molar-refractivity contribution >= 4 is 16.8 Å². The molecule has 1 amide bonds. The number of pyridine rings is 2. The van der Waals surface area contributed by atoms with Crippen LogP contribution in [0.15, 0.2) is 54.7 Å². The summed E-state index contributed by atoms with van der Waals surface area (Å²) in [6.45, 7) is 2.42. The Labute approximate surface area is 198 Å². The topological polar surface area (TPSA) is 76.8 Å². The van der Waals surface area contributed by atoms with E-state index in [9.17, 15) is 4.79 Å². The van der Waals surface area contributed by atoms with Gasteiger partial charge in [0.25, 0.3) is 5.91 Å². The standard InChI is InChI=1S/C27H28N6O/c34-27(21-17-24(23-12-5-6-14-28-23)29-22-11-4-3-10-20(21)22)32-15-8-9-19(18-32)26-31-30-25-13-2-1-7-16-33(25)26/h3-6,10-12,14,17,19H,1-2,7-9,13,15-16,18H2. The second-order valence-electron chi connectivity index (χ2n) is 9.31. The lowest BCUT2D eigenvalue weighted by Crippen LogP contribution is -2.40. The Morgan fingerprint density at radius 3 is 2.74 bits per heavy atom. The molecular formula is C27H28N6O. The van der Waals surface area contributed by atoms with Gasteiger partial charge in [0.05, 0.1) is 22.5 Å². The summed E-state index contributed by atoms with van der Waals surface area (Å²) < 4.78 is 2.33. The second kappa shape index (κ2) is 8.97. The van der Waals surface area contributed by atoms with E-state index in [4.69, 9.17) is 4.98 Å². The predicted molar refractivity (Wildman–Crippen MR) is 130 cm³/mol. The minimum absolute atomic E-state index is 0.0519. The van der Waals surface area contributed by atoms with Crippen molar-refractivity contribution in [3.8, 4) is 11.4 Å². The highest BCUT2D eigenvalue weighted by molar-refractivity contribution is 6.07. The monoisotopic (exact) mass is 452 g/mol. The van der Waals surface area contributed by atoms with E-state index in [0.717, 1.165) is 66.3 Å². The number of aromatic nitrogens is 5. The first-order chi connectivity index (χ1) is 16.8. The van der Waals surface area contributed by atoms with E-state index in [1.54, 1.807) is 6.20 Å². The van der Waals surface area contributed by atoms with E-state index in [1.807, 2.05) is 53.4 Å². The van der Waals surface area contributed by atoms with Crippen molar-refractivity contribution in [2.75, 3.05) is 13.1 Å². The van der Waals surface area contributed by atoms with Gasteiger partial charge in [0.2, 0.25) is 0 Å². The summed E-state index contributed by atoms with van der Waals surface area (Å²) in [6, 6.07) is 15.5. The van der Waals surface area contributed by atoms with Crippen LogP contribution in [0.5, 0.6) is 0 Å². The zero-order chi connectivity index (χ0) is 22.9. The predicted octanol–water partition coefficient (Wildman–Crippen LogP) is 4.63. The summed E-state index contributed by atoms with van der Waals surface area (Å²) in [5.74, 6) is 2.44. The quantitative estimate of drug-likeness (QED) is 0.453. The molecule has 0 spiro atoms. The maximum absolute atomic E-state index is 13.9. The van der Waals surface area contributed by atoms with Gasteiger partial charge >= 0.3 is 0 Å². The number of hydrogen-bond acceptors (Lipinski definition) is 5. The molecule has 172 valence electrons. The third-order valence-electron chi connectivity index (χ3n) is 7.09. The fourth-order valence-corrected chi connectivity index (χ4v) is 5.35. The summed E-state index contributed by atoms with van der Waals surface area (Å²) in [5, 5.41) is 9.97. The fraction of sp³-hybridized carbons (Fsp3) is 0.370. The molecule has 7 heteroatoms. The van der Waals surface area contributed by atoms with Gasteiger partial charge in [-0.25, -0.2) is 4.98 Å². The van der Waals surface area contributed by atoms with Crippen molar-refractivity contribution in [1.82, 2.24) is 29.6 Å². The highest BCUT2D eigenvalue weighted by Crippen LogP contribution is 2.31. The minimum atomic E-state index is 0.0519. The first-order valence-corrected chi connectivity index (χ1v) is 12.3. The lowest BCUT2D eigenvalue weighted by atomic mass is 9.95. The largest absolute Gasteiger partial charge is 0.338 e. The molecule has 0 bridgehead atoms. The van der Waals surface area contributed by atoms with Gasteiger partial charge in [0.1, 0.15) is 11.6 Å². The number of piperidine rings is 1. The van der Waals surface area contributed by atoms with Crippen molar-refractivity contribution in [2.24, 2.45) is 0 Å². The Balaban J connectivity index is 1.34. The zero-order valence-corrected chi connectivity index (χ0v) is 19.2. The van der Waals surface area contributed by atoms with Crippen LogP contribution in [0.2, 0.25) is 0 Å².